The molecule has 3 atom stereocenters. The van der Waals surface area contributed by atoms with Crippen LogP contribution in [0.5, 0.6) is 0 Å². The second kappa shape index (κ2) is 5.21. The van der Waals surface area contributed by atoms with Gasteiger partial charge in [-0.1, -0.05) is 26.7 Å². The van der Waals surface area contributed by atoms with E-state index in [4.69, 9.17) is 0 Å². The lowest BCUT2D eigenvalue weighted by Crippen LogP contribution is -2.20. The molecule has 1 aromatic heterocycles. The minimum Gasteiger partial charge on any atom is -0.388 e. The molecule has 1 aliphatic carbocycles. The summed E-state index contributed by atoms with van der Waals surface area (Å²) < 4.78 is 1.82. The zero-order valence-corrected chi connectivity index (χ0v) is 11.2. The van der Waals surface area contributed by atoms with E-state index in [-0.39, 0.29) is 6.10 Å². The minimum atomic E-state index is -0.318. The standard InChI is InChI=1S/C14H24N2O/c1-4-13-12(9-16(3)15-13)14(17)11-7-5-6-10(2)8-11/h9-11,14,17H,4-8H2,1-3H3. The molecule has 0 amide bonds. The van der Waals surface area contributed by atoms with Crippen molar-refractivity contribution in [2.45, 2.75) is 52.1 Å². The van der Waals surface area contributed by atoms with Crippen LogP contribution in [0.1, 0.15) is 56.9 Å². The van der Waals surface area contributed by atoms with E-state index in [1.165, 1.54) is 12.8 Å². The maximum absolute atomic E-state index is 10.5. The predicted octanol–water partition coefficient (Wildman–Crippen LogP) is 2.84. The van der Waals surface area contributed by atoms with Crippen LogP contribution >= 0.6 is 0 Å². The van der Waals surface area contributed by atoms with Crippen molar-refractivity contribution < 1.29 is 5.11 Å². The third-order valence-corrected chi connectivity index (χ3v) is 4.01. The summed E-state index contributed by atoms with van der Waals surface area (Å²) in [7, 11) is 1.93. The molecule has 2 rings (SSSR count). The van der Waals surface area contributed by atoms with Crippen LogP contribution in [0.15, 0.2) is 6.20 Å². The Balaban J connectivity index is 2.14. The molecule has 1 aromatic rings. The van der Waals surface area contributed by atoms with E-state index in [9.17, 15) is 5.11 Å². The fourth-order valence-electron chi connectivity index (χ4n) is 3.10. The minimum absolute atomic E-state index is 0.318. The van der Waals surface area contributed by atoms with Crippen LogP contribution < -0.4 is 0 Å². The van der Waals surface area contributed by atoms with Crippen molar-refractivity contribution >= 4 is 0 Å². The SMILES string of the molecule is CCc1nn(C)cc1C(O)C1CCCC(C)C1. The van der Waals surface area contributed by atoms with Gasteiger partial charge < -0.3 is 5.11 Å². The highest BCUT2D eigenvalue weighted by Gasteiger charge is 2.28. The van der Waals surface area contributed by atoms with Gasteiger partial charge in [0.05, 0.1) is 11.8 Å². The highest BCUT2D eigenvalue weighted by Crippen LogP contribution is 2.37. The van der Waals surface area contributed by atoms with E-state index in [1.807, 2.05) is 17.9 Å². The third-order valence-electron chi connectivity index (χ3n) is 4.01. The number of aliphatic hydroxyl groups is 1. The quantitative estimate of drug-likeness (QED) is 0.876. The number of aryl methyl sites for hydroxylation is 2. The van der Waals surface area contributed by atoms with Crippen LogP contribution in [0.2, 0.25) is 0 Å². The summed E-state index contributed by atoms with van der Waals surface area (Å²) in [5.74, 6) is 1.18. The molecule has 3 unspecified atom stereocenters. The largest absolute Gasteiger partial charge is 0.388 e. The van der Waals surface area contributed by atoms with Gasteiger partial charge in [0.1, 0.15) is 0 Å². The Morgan fingerprint density at radius 2 is 2.29 bits per heavy atom. The zero-order valence-electron chi connectivity index (χ0n) is 11.2. The van der Waals surface area contributed by atoms with Gasteiger partial charge in [-0.25, -0.2) is 0 Å². The summed E-state index contributed by atoms with van der Waals surface area (Å²) in [5, 5.41) is 15.0. The molecule has 1 aliphatic rings. The summed E-state index contributed by atoms with van der Waals surface area (Å²) in [6.07, 6.45) is 7.45. The Morgan fingerprint density at radius 3 is 2.94 bits per heavy atom. The van der Waals surface area contributed by atoms with Crippen LogP contribution in [-0.2, 0) is 13.5 Å². The van der Waals surface area contributed by atoms with Gasteiger partial charge in [-0.2, -0.15) is 5.10 Å². The third kappa shape index (κ3) is 2.71. The maximum atomic E-state index is 10.5. The molecule has 0 bridgehead atoms. The van der Waals surface area contributed by atoms with E-state index in [0.29, 0.717) is 5.92 Å². The van der Waals surface area contributed by atoms with Crippen LogP contribution in [0.25, 0.3) is 0 Å². The van der Waals surface area contributed by atoms with E-state index in [0.717, 1.165) is 36.4 Å². The van der Waals surface area contributed by atoms with Gasteiger partial charge in [0.15, 0.2) is 0 Å². The number of hydrogen-bond acceptors (Lipinski definition) is 2. The van der Waals surface area contributed by atoms with Gasteiger partial charge in [-0.3, -0.25) is 4.68 Å². The van der Waals surface area contributed by atoms with Crippen LogP contribution in [0, 0.1) is 11.8 Å². The van der Waals surface area contributed by atoms with E-state index >= 15 is 0 Å². The van der Waals surface area contributed by atoms with Gasteiger partial charge >= 0.3 is 0 Å². The average Bonchev–Trinajstić information content (AvgIpc) is 2.69. The first-order valence-corrected chi connectivity index (χ1v) is 6.82. The fourth-order valence-corrected chi connectivity index (χ4v) is 3.10. The number of nitrogens with zero attached hydrogens (tertiary/aromatic N) is 2. The Kier molecular flexibility index (Phi) is 3.87. The van der Waals surface area contributed by atoms with Crippen molar-refractivity contribution in [1.82, 2.24) is 9.78 Å². The molecule has 1 N–H and O–H groups in total. The van der Waals surface area contributed by atoms with Crippen LogP contribution in [0.4, 0.5) is 0 Å². The summed E-state index contributed by atoms with van der Waals surface area (Å²) in [6.45, 7) is 4.39. The number of rotatable bonds is 3. The lowest BCUT2D eigenvalue weighted by atomic mass is 9.78. The first-order chi connectivity index (χ1) is 8.11. The molecule has 3 heteroatoms. The number of aromatic nitrogens is 2. The average molecular weight is 236 g/mol. The molecule has 1 fully saturated rings. The molecule has 1 saturated carbocycles. The molecule has 0 aliphatic heterocycles. The highest BCUT2D eigenvalue weighted by molar-refractivity contribution is 5.20. The predicted molar refractivity (Wildman–Crippen MR) is 68.7 cm³/mol. The normalized spacial score (nSPS) is 27.1. The van der Waals surface area contributed by atoms with Crippen molar-refractivity contribution in [1.29, 1.82) is 0 Å². The maximum Gasteiger partial charge on any atom is 0.0851 e. The van der Waals surface area contributed by atoms with E-state index in [2.05, 4.69) is 18.9 Å². The van der Waals surface area contributed by atoms with Crippen molar-refractivity contribution in [2.75, 3.05) is 0 Å². The van der Waals surface area contributed by atoms with Crippen molar-refractivity contribution in [3.05, 3.63) is 17.5 Å². The summed E-state index contributed by atoms with van der Waals surface area (Å²) in [6, 6.07) is 0. The molecule has 0 aromatic carbocycles. The number of hydrogen-bond donors (Lipinski definition) is 1. The van der Waals surface area contributed by atoms with E-state index in [1.54, 1.807) is 0 Å². The Hall–Kier alpha value is -0.830. The van der Waals surface area contributed by atoms with Gasteiger partial charge in [0.2, 0.25) is 0 Å². The first kappa shape index (κ1) is 12.6. The molecular formula is C14H24N2O. The molecule has 3 nitrogen and oxygen atoms in total. The Labute approximate surface area is 104 Å². The van der Waals surface area contributed by atoms with Gasteiger partial charge in [0.25, 0.3) is 0 Å². The molecular weight excluding hydrogens is 212 g/mol. The second-order valence-electron chi connectivity index (χ2n) is 5.54. The molecule has 0 radical (unpaired) electrons. The molecule has 96 valence electrons. The zero-order chi connectivity index (χ0) is 12.4. The first-order valence-electron chi connectivity index (χ1n) is 6.82. The Bertz CT molecular complexity index is 372. The number of aliphatic hydroxyl groups excluding tert-OH is 1. The lowest BCUT2D eigenvalue weighted by molar-refractivity contribution is 0.0707. The summed E-state index contributed by atoms with van der Waals surface area (Å²) in [4.78, 5) is 0. The van der Waals surface area contributed by atoms with Crippen molar-refractivity contribution in [3.63, 3.8) is 0 Å². The summed E-state index contributed by atoms with van der Waals surface area (Å²) in [5.41, 5.74) is 2.10. The van der Waals surface area contributed by atoms with Gasteiger partial charge in [-0.05, 0) is 31.1 Å². The monoisotopic (exact) mass is 236 g/mol. The van der Waals surface area contributed by atoms with Crippen molar-refractivity contribution in [2.24, 2.45) is 18.9 Å². The Morgan fingerprint density at radius 1 is 1.53 bits per heavy atom. The van der Waals surface area contributed by atoms with Gasteiger partial charge in [-0.15, -0.1) is 0 Å². The van der Waals surface area contributed by atoms with Gasteiger partial charge in [0, 0.05) is 18.8 Å². The topological polar surface area (TPSA) is 38.0 Å². The fraction of sp³-hybridized carbons (Fsp3) is 0.786. The van der Waals surface area contributed by atoms with Crippen molar-refractivity contribution in [3.8, 4) is 0 Å². The molecule has 1 heterocycles. The lowest BCUT2D eigenvalue weighted by Gasteiger charge is -2.30. The highest BCUT2D eigenvalue weighted by atomic mass is 16.3. The second-order valence-corrected chi connectivity index (χ2v) is 5.54. The van der Waals surface area contributed by atoms with Crippen LogP contribution in [0.3, 0.4) is 0 Å². The molecule has 0 spiro atoms. The molecule has 0 saturated heterocycles. The van der Waals surface area contributed by atoms with Crippen LogP contribution in [-0.4, -0.2) is 14.9 Å². The summed E-state index contributed by atoms with van der Waals surface area (Å²) >= 11 is 0. The molecule has 17 heavy (non-hydrogen) atoms. The van der Waals surface area contributed by atoms with E-state index < -0.39 is 0 Å². The smallest absolute Gasteiger partial charge is 0.0851 e.